The zero-order valence-corrected chi connectivity index (χ0v) is 20.5. The molecule has 0 spiro atoms. The van der Waals surface area contributed by atoms with Gasteiger partial charge in [-0.05, 0) is 49.6 Å². The second-order valence-corrected chi connectivity index (χ2v) is 8.68. The zero-order chi connectivity index (χ0) is 26.0. The van der Waals surface area contributed by atoms with Crippen molar-refractivity contribution >= 4 is 23.9 Å². The highest BCUT2D eigenvalue weighted by molar-refractivity contribution is 6.08. The molecular formula is C26H28N4O6. The Hall–Kier alpha value is -4.34. The predicted molar refractivity (Wildman–Crippen MR) is 130 cm³/mol. The standard InChI is InChI=1S/C26H28N4O6/c1-5-36-22(31)20-19(27-24(33)28-21(20)16-10-12-17(35-4)13-11-16)14-30-23(32)26(3,29-25(30)34)18-9-7-6-8-15(18)2/h6-13,21H,5,14H2,1-4H3,(H,29,34)(H2,27,28,33). The number of carbonyl (C=O) groups excluding carboxylic acids is 4. The number of ether oxygens (including phenoxy) is 2. The number of esters is 1. The molecule has 0 aromatic heterocycles. The van der Waals surface area contributed by atoms with Crippen molar-refractivity contribution in [2.75, 3.05) is 20.3 Å². The van der Waals surface area contributed by atoms with E-state index in [4.69, 9.17) is 9.47 Å². The molecule has 2 aromatic rings. The van der Waals surface area contributed by atoms with Crippen molar-refractivity contribution < 1.29 is 28.7 Å². The summed E-state index contributed by atoms with van der Waals surface area (Å²) in [5.74, 6) is -0.559. The quantitative estimate of drug-likeness (QED) is 0.403. The number of hydrogen-bond acceptors (Lipinski definition) is 6. The van der Waals surface area contributed by atoms with Crippen LogP contribution in [-0.2, 0) is 19.9 Å². The monoisotopic (exact) mass is 492 g/mol. The van der Waals surface area contributed by atoms with Gasteiger partial charge in [0, 0.05) is 0 Å². The second-order valence-electron chi connectivity index (χ2n) is 8.68. The van der Waals surface area contributed by atoms with E-state index in [1.165, 1.54) is 7.11 Å². The summed E-state index contributed by atoms with van der Waals surface area (Å²) in [5.41, 5.74) is 1.03. The van der Waals surface area contributed by atoms with Gasteiger partial charge in [-0.3, -0.25) is 9.69 Å². The molecule has 10 nitrogen and oxygen atoms in total. The summed E-state index contributed by atoms with van der Waals surface area (Å²) in [6.07, 6.45) is 0. The first kappa shape index (κ1) is 24.8. The number of rotatable bonds is 7. The fourth-order valence-electron chi connectivity index (χ4n) is 4.55. The number of nitrogens with one attached hydrogen (secondary N) is 3. The number of methoxy groups -OCH3 is 1. The first-order valence-corrected chi connectivity index (χ1v) is 11.5. The van der Waals surface area contributed by atoms with Crippen LogP contribution in [0.4, 0.5) is 9.59 Å². The first-order chi connectivity index (χ1) is 17.2. The number of imide groups is 1. The van der Waals surface area contributed by atoms with Gasteiger partial charge in [-0.25, -0.2) is 14.4 Å². The third-order valence-corrected chi connectivity index (χ3v) is 6.37. The average molecular weight is 493 g/mol. The van der Waals surface area contributed by atoms with Crippen LogP contribution in [0.25, 0.3) is 0 Å². The lowest BCUT2D eigenvalue weighted by molar-refractivity contribution is -0.139. The summed E-state index contributed by atoms with van der Waals surface area (Å²) in [5, 5.41) is 8.11. The number of aryl methyl sites for hydroxylation is 1. The molecule has 2 heterocycles. The fourth-order valence-corrected chi connectivity index (χ4v) is 4.55. The van der Waals surface area contributed by atoms with E-state index in [1.807, 2.05) is 19.1 Å². The molecule has 1 fully saturated rings. The van der Waals surface area contributed by atoms with Gasteiger partial charge in [-0.2, -0.15) is 0 Å². The van der Waals surface area contributed by atoms with Crippen LogP contribution < -0.4 is 20.7 Å². The van der Waals surface area contributed by atoms with Gasteiger partial charge < -0.3 is 25.4 Å². The minimum atomic E-state index is -1.29. The van der Waals surface area contributed by atoms with Crippen molar-refractivity contribution in [1.29, 1.82) is 0 Å². The number of amides is 5. The Labute approximate surface area is 208 Å². The van der Waals surface area contributed by atoms with Gasteiger partial charge in [0.1, 0.15) is 11.3 Å². The Morgan fingerprint density at radius 3 is 2.42 bits per heavy atom. The van der Waals surface area contributed by atoms with Gasteiger partial charge in [0.2, 0.25) is 0 Å². The van der Waals surface area contributed by atoms with Crippen LogP contribution in [-0.4, -0.2) is 49.1 Å². The predicted octanol–water partition coefficient (Wildman–Crippen LogP) is 2.64. The van der Waals surface area contributed by atoms with Crippen LogP contribution in [0.5, 0.6) is 5.75 Å². The molecule has 0 bridgehead atoms. The van der Waals surface area contributed by atoms with E-state index < -0.39 is 35.5 Å². The summed E-state index contributed by atoms with van der Waals surface area (Å²) < 4.78 is 10.5. The minimum absolute atomic E-state index is 0.103. The van der Waals surface area contributed by atoms with Gasteiger partial charge >= 0.3 is 18.0 Å². The number of hydrogen-bond donors (Lipinski definition) is 3. The third-order valence-electron chi connectivity index (χ3n) is 6.37. The lowest BCUT2D eigenvalue weighted by atomic mass is 9.88. The number of urea groups is 2. The van der Waals surface area contributed by atoms with Crippen molar-refractivity contribution in [3.63, 3.8) is 0 Å². The SMILES string of the molecule is CCOC(=O)C1=C(CN2C(=O)NC(C)(c3ccccc3C)C2=O)NC(=O)NC1c1ccc(OC)cc1. The zero-order valence-electron chi connectivity index (χ0n) is 20.5. The largest absolute Gasteiger partial charge is 0.497 e. The van der Waals surface area contributed by atoms with Crippen molar-refractivity contribution in [2.45, 2.75) is 32.4 Å². The molecule has 5 amide bonds. The summed E-state index contributed by atoms with van der Waals surface area (Å²) in [6, 6.07) is 12.1. The molecule has 2 aliphatic rings. The summed E-state index contributed by atoms with van der Waals surface area (Å²) >= 11 is 0. The maximum absolute atomic E-state index is 13.5. The molecule has 0 saturated carbocycles. The minimum Gasteiger partial charge on any atom is -0.497 e. The van der Waals surface area contributed by atoms with Gasteiger partial charge in [-0.1, -0.05) is 36.4 Å². The summed E-state index contributed by atoms with van der Waals surface area (Å²) in [4.78, 5) is 53.2. The maximum atomic E-state index is 13.5. The molecule has 4 rings (SSSR count). The van der Waals surface area contributed by atoms with E-state index in [2.05, 4.69) is 16.0 Å². The Balaban J connectivity index is 1.74. The topological polar surface area (TPSA) is 126 Å². The van der Waals surface area contributed by atoms with Crippen LogP contribution in [0.1, 0.15) is 36.6 Å². The van der Waals surface area contributed by atoms with Crippen molar-refractivity contribution in [3.05, 3.63) is 76.5 Å². The fraction of sp³-hybridized carbons (Fsp3) is 0.308. The van der Waals surface area contributed by atoms with Crippen LogP contribution in [0, 0.1) is 6.92 Å². The van der Waals surface area contributed by atoms with Crippen molar-refractivity contribution in [3.8, 4) is 5.75 Å². The average Bonchev–Trinajstić information content (AvgIpc) is 3.07. The van der Waals surface area contributed by atoms with Gasteiger partial charge in [0.05, 0.1) is 37.6 Å². The molecule has 0 aliphatic carbocycles. The lowest BCUT2D eigenvalue weighted by Crippen LogP contribution is -2.49. The summed E-state index contributed by atoms with van der Waals surface area (Å²) in [7, 11) is 1.53. The molecule has 188 valence electrons. The van der Waals surface area contributed by atoms with Crippen molar-refractivity contribution in [1.82, 2.24) is 20.9 Å². The van der Waals surface area contributed by atoms with Crippen LogP contribution in [0.15, 0.2) is 59.8 Å². The van der Waals surface area contributed by atoms with E-state index in [0.29, 0.717) is 16.9 Å². The first-order valence-electron chi connectivity index (χ1n) is 11.5. The highest BCUT2D eigenvalue weighted by Crippen LogP contribution is 2.33. The van der Waals surface area contributed by atoms with Crippen LogP contribution in [0.3, 0.4) is 0 Å². The van der Waals surface area contributed by atoms with E-state index in [1.54, 1.807) is 50.2 Å². The molecule has 2 aromatic carbocycles. The normalized spacial score (nSPS) is 21.6. The molecule has 2 unspecified atom stereocenters. The molecule has 0 radical (unpaired) electrons. The Morgan fingerprint density at radius 1 is 1.08 bits per heavy atom. The molecular weight excluding hydrogens is 464 g/mol. The smallest absolute Gasteiger partial charge is 0.338 e. The third kappa shape index (κ3) is 4.37. The highest BCUT2D eigenvalue weighted by Gasteiger charge is 2.50. The molecule has 36 heavy (non-hydrogen) atoms. The van der Waals surface area contributed by atoms with Gasteiger partial charge in [-0.15, -0.1) is 0 Å². The van der Waals surface area contributed by atoms with E-state index in [-0.39, 0.29) is 24.4 Å². The Morgan fingerprint density at radius 2 is 1.78 bits per heavy atom. The number of nitrogens with zero attached hydrogens (tertiary/aromatic N) is 1. The lowest BCUT2D eigenvalue weighted by Gasteiger charge is -2.31. The maximum Gasteiger partial charge on any atom is 0.338 e. The second kappa shape index (κ2) is 9.73. The van der Waals surface area contributed by atoms with Crippen LogP contribution >= 0.6 is 0 Å². The van der Waals surface area contributed by atoms with E-state index in [9.17, 15) is 19.2 Å². The molecule has 1 saturated heterocycles. The molecule has 10 heteroatoms. The summed E-state index contributed by atoms with van der Waals surface area (Å²) in [6.45, 7) is 4.95. The molecule has 2 atom stereocenters. The Kier molecular flexibility index (Phi) is 6.69. The number of carbonyl (C=O) groups is 4. The highest BCUT2D eigenvalue weighted by atomic mass is 16.5. The van der Waals surface area contributed by atoms with E-state index in [0.717, 1.165) is 10.5 Å². The van der Waals surface area contributed by atoms with Crippen LogP contribution in [0.2, 0.25) is 0 Å². The number of benzene rings is 2. The molecule has 3 N–H and O–H groups in total. The van der Waals surface area contributed by atoms with Crippen molar-refractivity contribution in [2.24, 2.45) is 0 Å². The Bertz CT molecular complexity index is 1260. The van der Waals surface area contributed by atoms with Gasteiger partial charge in [0.25, 0.3) is 5.91 Å². The van der Waals surface area contributed by atoms with Gasteiger partial charge in [0.15, 0.2) is 0 Å². The molecule has 2 aliphatic heterocycles. The van der Waals surface area contributed by atoms with E-state index >= 15 is 0 Å².